The van der Waals surface area contributed by atoms with E-state index >= 15 is 0 Å². The van der Waals surface area contributed by atoms with Crippen LogP contribution in [0.15, 0.2) is 11.0 Å². The highest BCUT2D eigenvalue weighted by molar-refractivity contribution is 8.06. The summed E-state index contributed by atoms with van der Waals surface area (Å²) in [6.45, 7) is 4.09. The molecule has 1 aliphatic heterocycles. The Kier molecular flexibility index (Phi) is 5.54. The van der Waals surface area contributed by atoms with Gasteiger partial charge in [-0.3, -0.25) is 4.79 Å². The van der Waals surface area contributed by atoms with Crippen molar-refractivity contribution in [2.75, 3.05) is 18.1 Å². The van der Waals surface area contributed by atoms with E-state index in [1.165, 1.54) is 6.20 Å². The fourth-order valence-electron chi connectivity index (χ4n) is 2.06. The second-order valence-corrected chi connectivity index (χ2v) is 6.94. The summed E-state index contributed by atoms with van der Waals surface area (Å²) in [7, 11) is 0. The predicted octanol–water partition coefficient (Wildman–Crippen LogP) is 2.25. The molecule has 1 saturated heterocycles. The van der Waals surface area contributed by atoms with Crippen LogP contribution >= 0.6 is 23.5 Å². The number of ether oxygens (including phenoxy) is 1. The number of thioether (sulfide) groups is 2. The van der Waals surface area contributed by atoms with E-state index in [1.54, 1.807) is 6.92 Å². The number of hydrogen-bond acceptors (Lipinski definition) is 6. The molecule has 1 aromatic rings. The molecule has 0 bridgehead atoms. The molecular weight excluding hydrogens is 296 g/mol. The molecule has 2 rings (SSSR count). The maximum absolute atomic E-state index is 12.0. The number of hydrogen-bond donors (Lipinski definition) is 1. The van der Waals surface area contributed by atoms with Gasteiger partial charge < -0.3 is 9.72 Å². The van der Waals surface area contributed by atoms with Gasteiger partial charge in [0.2, 0.25) is 0 Å². The number of carbonyl (C=O) groups is 1. The average Bonchev–Trinajstić information content (AvgIpc) is 2.47. The van der Waals surface area contributed by atoms with Crippen molar-refractivity contribution in [3.8, 4) is 0 Å². The molecule has 1 N–H and O–H groups in total. The minimum atomic E-state index is -0.620. The van der Waals surface area contributed by atoms with Crippen molar-refractivity contribution >= 4 is 29.5 Å². The zero-order valence-corrected chi connectivity index (χ0v) is 13.2. The minimum absolute atomic E-state index is 0.0305. The van der Waals surface area contributed by atoms with Crippen LogP contribution in [0.2, 0.25) is 0 Å². The highest BCUT2D eigenvalue weighted by atomic mass is 32.2. The first kappa shape index (κ1) is 15.4. The van der Waals surface area contributed by atoms with Gasteiger partial charge >= 0.3 is 5.97 Å². The SMILES string of the molecule is CCOC(=O)c1cnc(C2SCCSC2CC)[nH]c1=O. The van der Waals surface area contributed by atoms with Gasteiger partial charge in [0.1, 0.15) is 11.4 Å². The molecule has 0 saturated carbocycles. The molecule has 2 heterocycles. The summed E-state index contributed by atoms with van der Waals surface area (Å²) in [4.78, 5) is 30.6. The molecule has 2 atom stereocenters. The molecule has 0 radical (unpaired) electrons. The van der Waals surface area contributed by atoms with E-state index in [4.69, 9.17) is 4.74 Å². The van der Waals surface area contributed by atoms with Gasteiger partial charge in [0.25, 0.3) is 5.56 Å². The third kappa shape index (κ3) is 3.38. The van der Waals surface area contributed by atoms with Gasteiger partial charge in [-0.2, -0.15) is 11.8 Å². The van der Waals surface area contributed by atoms with E-state index in [9.17, 15) is 9.59 Å². The number of carbonyl (C=O) groups excluding carboxylic acids is 1. The standard InChI is InChI=1S/C13H18N2O3S2/c1-3-9-10(20-6-5-19-9)11-14-7-8(12(16)15-11)13(17)18-4-2/h7,9-10H,3-6H2,1-2H3,(H,14,15,16). The summed E-state index contributed by atoms with van der Waals surface area (Å²) in [5, 5.41) is 0.632. The van der Waals surface area contributed by atoms with Gasteiger partial charge in [-0.05, 0) is 13.3 Å². The van der Waals surface area contributed by atoms with E-state index in [0.717, 1.165) is 17.9 Å². The lowest BCUT2D eigenvalue weighted by atomic mass is 10.2. The summed E-state index contributed by atoms with van der Waals surface area (Å²) in [6.07, 6.45) is 2.37. The first-order valence-corrected chi connectivity index (χ1v) is 8.76. The van der Waals surface area contributed by atoms with E-state index < -0.39 is 11.5 Å². The van der Waals surface area contributed by atoms with Gasteiger partial charge in [-0.25, -0.2) is 9.78 Å². The van der Waals surface area contributed by atoms with Gasteiger partial charge in [0.05, 0.1) is 11.9 Å². The van der Waals surface area contributed by atoms with Gasteiger partial charge in [-0.15, -0.1) is 11.8 Å². The lowest BCUT2D eigenvalue weighted by Gasteiger charge is -2.28. The molecule has 2 unspecified atom stereocenters. The first-order chi connectivity index (χ1) is 9.67. The van der Waals surface area contributed by atoms with E-state index in [2.05, 4.69) is 16.9 Å². The van der Waals surface area contributed by atoms with Crippen LogP contribution in [0.25, 0.3) is 0 Å². The molecule has 0 spiro atoms. The van der Waals surface area contributed by atoms with Crippen molar-refractivity contribution in [3.63, 3.8) is 0 Å². The minimum Gasteiger partial charge on any atom is -0.462 e. The van der Waals surface area contributed by atoms with Crippen LogP contribution in [-0.4, -0.2) is 39.3 Å². The fourth-order valence-corrected chi connectivity index (χ4v) is 5.09. The number of esters is 1. The Morgan fingerprint density at radius 3 is 2.85 bits per heavy atom. The highest BCUT2D eigenvalue weighted by Crippen LogP contribution is 2.42. The van der Waals surface area contributed by atoms with Gasteiger partial charge in [0.15, 0.2) is 0 Å². The predicted molar refractivity (Wildman–Crippen MR) is 82.6 cm³/mol. The summed E-state index contributed by atoms with van der Waals surface area (Å²) < 4.78 is 4.83. The van der Waals surface area contributed by atoms with Crippen LogP contribution in [0.5, 0.6) is 0 Å². The Hall–Kier alpha value is -0.950. The molecule has 0 aliphatic carbocycles. The first-order valence-electron chi connectivity index (χ1n) is 6.66. The molecule has 20 heavy (non-hydrogen) atoms. The van der Waals surface area contributed by atoms with Crippen LogP contribution in [-0.2, 0) is 4.74 Å². The van der Waals surface area contributed by atoms with Crippen molar-refractivity contribution in [1.82, 2.24) is 9.97 Å². The normalized spacial score (nSPS) is 22.5. The largest absolute Gasteiger partial charge is 0.462 e. The summed E-state index contributed by atoms with van der Waals surface area (Å²) in [5.41, 5.74) is -0.448. The zero-order valence-electron chi connectivity index (χ0n) is 11.5. The van der Waals surface area contributed by atoms with Crippen LogP contribution in [0.4, 0.5) is 0 Å². The number of aromatic nitrogens is 2. The summed E-state index contributed by atoms with van der Waals surface area (Å²) >= 11 is 3.73. The van der Waals surface area contributed by atoms with Gasteiger partial charge in [-0.1, -0.05) is 6.92 Å². The van der Waals surface area contributed by atoms with Crippen molar-refractivity contribution in [3.05, 3.63) is 27.9 Å². The fraction of sp³-hybridized carbons (Fsp3) is 0.615. The Morgan fingerprint density at radius 1 is 1.45 bits per heavy atom. The zero-order chi connectivity index (χ0) is 14.5. The third-order valence-electron chi connectivity index (χ3n) is 3.04. The average molecular weight is 314 g/mol. The van der Waals surface area contributed by atoms with Crippen LogP contribution in [0, 0.1) is 0 Å². The van der Waals surface area contributed by atoms with Crippen molar-refractivity contribution in [2.45, 2.75) is 30.8 Å². The molecule has 1 fully saturated rings. The number of rotatable bonds is 4. The summed E-state index contributed by atoms with van der Waals surface area (Å²) in [6, 6.07) is 0. The molecule has 5 nitrogen and oxygen atoms in total. The second-order valence-electron chi connectivity index (χ2n) is 4.34. The van der Waals surface area contributed by atoms with Crippen molar-refractivity contribution in [2.24, 2.45) is 0 Å². The molecule has 0 amide bonds. The second kappa shape index (κ2) is 7.17. The Balaban J connectivity index is 2.24. The molecule has 1 aromatic heterocycles. The van der Waals surface area contributed by atoms with Crippen molar-refractivity contribution < 1.29 is 9.53 Å². The lowest BCUT2D eigenvalue weighted by molar-refractivity contribution is 0.0523. The highest BCUT2D eigenvalue weighted by Gasteiger charge is 2.28. The van der Waals surface area contributed by atoms with Crippen molar-refractivity contribution in [1.29, 1.82) is 0 Å². The molecule has 0 aromatic carbocycles. The molecule has 1 aliphatic rings. The number of aromatic amines is 1. The molecular formula is C13H18N2O3S2. The third-order valence-corrected chi connectivity index (χ3v) is 6.29. The van der Waals surface area contributed by atoms with E-state index in [0.29, 0.717) is 11.1 Å². The van der Waals surface area contributed by atoms with Crippen LogP contribution < -0.4 is 5.56 Å². The van der Waals surface area contributed by atoms with Crippen LogP contribution in [0.1, 0.15) is 41.7 Å². The quantitative estimate of drug-likeness (QED) is 0.859. The maximum Gasteiger partial charge on any atom is 0.345 e. The maximum atomic E-state index is 12.0. The smallest absolute Gasteiger partial charge is 0.345 e. The van der Waals surface area contributed by atoms with E-state index in [-0.39, 0.29) is 17.4 Å². The monoisotopic (exact) mass is 314 g/mol. The van der Waals surface area contributed by atoms with E-state index in [1.807, 2.05) is 23.5 Å². The lowest BCUT2D eigenvalue weighted by Crippen LogP contribution is -2.26. The summed E-state index contributed by atoms with van der Waals surface area (Å²) in [5.74, 6) is 2.22. The Bertz CT molecular complexity index is 533. The molecule has 110 valence electrons. The van der Waals surface area contributed by atoms with Gasteiger partial charge in [0, 0.05) is 23.0 Å². The number of nitrogens with one attached hydrogen (secondary N) is 1. The van der Waals surface area contributed by atoms with Crippen LogP contribution in [0.3, 0.4) is 0 Å². The number of H-pyrrole nitrogens is 1. The Morgan fingerprint density at radius 2 is 2.20 bits per heavy atom. The number of nitrogens with zero attached hydrogens (tertiary/aromatic N) is 1. The Labute approximate surface area is 126 Å². The molecule has 7 heteroatoms. The topological polar surface area (TPSA) is 72.0 Å².